The molecular formula is C10H16N2. The Labute approximate surface area is 73.8 Å². The number of nitrogen functional groups attached to an aromatic ring is 1. The van der Waals surface area contributed by atoms with Crippen molar-refractivity contribution in [3.8, 4) is 0 Å². The Morgan fingerprint density at radius 1 is 1.50 bits per heavy atom. The van der Waals surface area contributed by atoms with Crippen LogP contribution >= 0.6 is 0 Å². The second-order valence-electron chi connectivity index (χ2n) is 3.13. The molecule has 0 amide bonds. The molecule has 1 atom stereocenters. The minimum atomic E-state index is 0.526. The first-order valence-corrected chi connectivity index (χ1v) is 4.24. The van der Waals surface area contributed by atoms with Crippen molar-refractivity contribution >= 4 is 5.69 Å². The molecule has 0 saturated heterocycles. The molecule has 0 aliphatic heterocycles. The Hall–Kier alpha value is -1.02. The maximum atomic E-state index is 5.67. The van der Waals surface area contributed by atoms with Crippen molar-refractivity contribution in [2.24, 2.45) is 0 Å². The highest BCUT2D eigenvalue weighted by molar-refractivity contribution is 5.41. The van der Waals surface area contributed by atoms with Crippen molar-refractivity contribution in [1.82, 2.24) is 5.32 Å². The molecule has 12 heavy (non-hydrogen) atoms. The Morgan fingerprint density at radius 2 is 2.25 bits per heavy atom. The van der Waals surface area contributed by atoms with Crippen molar-refractivity contribution in [3.63, 3.8) is 0 Å². The molecule has 0 saturated carbocycles. The third-order valence-corrected chi connectivity index (χ3v) is 1.99. The van der Waals surface area contributed by atoms with Crippen molar-refractivity contribution in [3.05, 3.63) is 29.8 Å². The van der Waals surface area contributed by atoms with Crippen LogP contribution in [0.5, 0.6) is 0 Å². The lowest BCUT2D eigenvalue weighted by molar-refractivity contribution is 0.678. The van der Waals surface area contributed by atoms with Crippen molar-refractivity contribution in [2.75, 3.05) is 19.3 Å². The van der Waals surface area contributed by atoms with E-state index in [2.05, 4.69) is 18.3 Å². The quantitative estimate of drug-likeness (QED) is 0.666. The highest BCUT2D eigenvalue weighted by Crippen LogP contribution is 2.16. The van der Waals surface area contributed by atoms with Gasteiger partial charge in [-0.1, -0.05) is 19.1 Å². The minimum absolute atomic E-state index is 0.526. The zero-order valence-corrected chi connectivity index (χ0v) is 7.67. The van der Waals surface area contributed by atoms with E-state index in [4.69, 9.17) is 5.73 Å². The average Bonchev–Trinajstić information content (AvgIpc) is 2.05. The number of benzene rings is 1. The fraction of sp³-hybridized carbons (Fsp3) is 0.400. The van der Waals surface area contributed by atoms with Crippen LogP contribution in [-0.2, 0) is 0 Å². The SMILES string of the molecule is CNCC(C)c1cccc(N)c1. The first kappa shape index (κ1) is 9.07. The fourth-order valence-electron chi connectivity index (χ4n) is 1.29. The molecule has 0 aliphatic rings. The lowest BCUT2D eigenvalue weighted by Gasteiger charge is -2.11. The van der Waals surface area contributed by atoms with E-state index in [9.17, 15) is 0 Å². The molecule has 0 bridgehead atoms. The molecule has 1 aromatic rings. The van der Waals surface area contributed by atoms with Gasteiger partial charge in [0.1, 0.15) is 0 Å². The van der Waals surface area contributed by atoms with Gasteiger partial charge >= 0.3 is 0 Å². The van der Waals surface area contributed by atoms with E-state index in [0.717, 1.165) is 12.2 Å². The first-order valence-electron chi connectivity index (χ1n) is 4.24. The normalized spacial score (nSPS) is 12.8. The molecule has 1 unspecified atom stereocenters. The first-order chi connectivity index (χ1) is 5.74. The van der Waals surface area contributed by atoms with E-state index >= 15 is 0 Å². The molecular weight excluding hydrogens is 148 g/mol. The number of likely N-dealkylation sites (N-methyl/N-ethyl adjacent to an activating group) is 1. The Bertz CT molecular complexity index is 245. The average molecular weight is 164 g/mol. The summed E-state index contributed by atoms with van der Waals surface area (Å²) in [5.41, 5.74) is 7.81. The molecule has 3 N–H and O–H groups in total. The summed E-state index contributed by atoms with van der Waals surface area (Å²) >= 11 is 0. The van der Waals surface area contributed by atoms with Gasteiger partial charge in [0.05, 0.1) is 0 Å². The molecule has 2 nitrogen and oxygen atoms in total. The molecule has 1 rings (SSSR count). The lowest BCUT2D eigenvalue weighted by atomic mass is 10.0. The topological polar surface area (TPSA) is 38.0 Å². The zero-order valence-electron chi connectivity index (χ0n) is 7.67. The number of nitrogens with two attached hydrogens (primary N) is 1. The van der Waals surface area contributed by atoms with E-state index in [1.807, 2.05) is 25.2 Å². The van der Waals surface area contributed by atoms with E-state index in [0.29, 0.717) is 5.92 Å². The predicted octanol–water partition coefficient (Wildman–Crippen LogP) is 1.59. The highest BCUT2D eigenvalue weighted by Gasteiger charge is 2.02. The summed E-state index contributed by atoms with van der Waals surface area (Å²) < 4.78 is 0. The summed E-state index contributed by atoms with van der Waals surface area (Å²) in [6, 6.07) is 8.05. The second-order valence-corrected chi connectivity index (χ2v) is 3.13. The van der Waals surface area contributed by atoms with Crippen LogP contribution in [0.1, 0.15) is 18.4 Å². The summed E-state index contributed by atoms with van der Waals surface area (Å²) in [7, 11) is 1.96. The molecule has 0 spiro atoms. The maximum absolute atomic E-state index is 5.67. The maximum Gasteiger partial charge on any atom is 0.0316 e. The molecule has 1 aromatic carbocycles. The molecule has 66 valence electrons. The number of rotatable bonds is 3. The number of anilines is 1. The van der Waals surface area contributed by atoms with Crippen LogP contribution in [0.25, 0.3) is 0 Å². The van der Waals surface area contributed by atoms with Crippen molar-refractivity contribution in [2.45, 2.75) is 12.8 Å². The Morgan fingerprint density at radius 3 is 2.83 bits per heavy atom. The molecule has 2 heteroatoms. The smallest absolute Gasteiger partial charge is 0.0316 e. The number of hydrogen-bond donors (Lipinski definition) is 2. The van der Waals surface area contributed by atoms with Crippen molar-refractivity contribution in [1.29, 1.82) is 0 Å². The summed E-state index contributed by atoms with van der Waals surface area (Å²) in [5.74, 6) is 0.526. The molecule has 0 heterocycles. The lowest BCUT2D eigenvalue weighted by Crippen LogP contribution is -2.14. The van der Waals surface area contributed by atoms with Gasteiger partial charge in [-0.15, -0.1) is 0 Å². The van der Waals surface area contributed by atoms with Crippen LogP contribution in [0, 0.1) is 0 Å². The predicted molar refractivity (Wildman–Crippen MR) is 53.2 cm³/mol. The molecule has 0 radical (unpaired) electrons. The van der Waals surface area contributed by atoms with Gasteiger partial charge in [0, 0.05) is 12.2 Å². The van der Waals surface area contributed by atoms with E-state index in [-0.39, 0.29) is 0 Å². The molecule has 0 aliphatic carbocycles. The van der Waals surface area contributed by atoms with E-state index in [1.165, 1.54) is 5.56 Å². The van der Waals surface area contributed by atoms with Gasteiger partial charge in [-0.3, -0.25) is 0 Å². The van der Waals surface area contributed by atoms with Crippen LogP contribution in [0.3, 0.4) is 0 Å². The molecule has 0 fully saturated rings. The Kier molecular flexibility index (Phi) is 3.11. The highest BCUT2D eigenvalue weighted by atomic mass is 14.8. The minimum Gasteiger partial charge on any atom is -0.399 e. The van der Waals surface area contributed by atoms with Crippen LogP contribution in [0.4, 0.5) is 5.69 Å². The van der Waals surface area contributed by atoms with Gasteiger partial charge in [0.2, 0.25) is 0 Å². The van der Waals surface area contributed by atoms with Crippen LogP contribution in [0.15, 0.2) is 24.3 Å². The zero-order chi connectivity index (χ0) is 8.97. The summed E-state index contributed by atoms with van der Waals surface area (Å²) in [4.78, 5) is 0. The standard InChI is InChI=1S/C10H16N2/c1-8(7-12-2)9-4-3-5-10(11)6-9/h3-6,8,12H,7,11H2,1-2H3. The molecule has 0 aromatic heterocycles. The van der Waals surface area contributed by atoms with E-state index < -0.39 is 0 Å². The second kappa shape index (κ2) is 4.12. The van der Waals surface area contributed by atoms with Crippen molar-refractivity contribution < 1.29 is 0 Å². The van der Waals surface area contributed by atoms with Gasteiger partial charge in [0.25, 0.3) is 0 Å². The van der Waals surface area contributed by atoms with Gasteiger partial charge in [-0.2, -0.15) is 0 Å². The van der Waals surface area contributed by atoms with Gasteiger partial charge in [-0.25, -0.2) is 0 Å². The number of hydrogen-bond acceptors (Lipinski definition) is 2. The third kappa shape index (κ3) is 2.24. The number of nitrogens with one attached hydrogen (secondary N) is 1. The van der Waals surface area contributed by atoms with Gasteiger partial charge in [-0.05, 0) is 30.7 Å². The van der Waals surface area contributed by atoms with E-state index in [1.54, 1.807) is 0 Å². The van der Waals surface area contributed by atoms with Crippen LogP contribution in [0.2, 0.25) is 0 Å². The summed E-state index contributed by atoms with van der Waals surface area (Å²) in [6.07, 6.45) is 0. The fourth-order valence-corrected chi connectivity index (χ4v) is 1.29. The summed E-state index contributed by atoms with van der Waals surface area (Å²) in [6.45, 7) is 3.18. The van der Waals surface area contributed by atoms with Gasteiger partial charge in [0.15, 0.2) is 0 Å². The van der Waals surface area contributed by atoms with Crippen LogP contribution in [-0.4, -0.2) is 13.6 Å². The van der Waals surface area contributed by atoms with Gasteiger partial charge < -0.3 is 11.1 Å². The van der Waals surface area contributed by atoms with Crippen LogP contribution < -0.4 is 11.1 Å². The monoisotopic (exact) mass is 164 g/mol. The Balaban J connectivity index is 2.73. The third-order valence-electron chi connectivity index (χ3n) is 1.99. The summed E-state index contributed by atoms with van der Waals surface area (Å²) in [5, 5.41) is 3.14. The largest absolute Gasteiger partial charge is 0.399 e.